The van der Waals surface area contributed by atoms with E-state index < -0.39 is 0 Å². The monoisotopic (exact) mass is 235 g/mol. The van der Waals surface area contributed by atoms with Gasteiger partial charge in [-0.1, -0.05) is 5.16 Å². The van der Waals surface area contributed by atoms with Gasteiger partial charge >= 0.3 is 0 Å². The summed E-state index contributed by atoms with van der Waals surface area (Å²) in [5, 5.41) is 3.92. The molecule has 0 radical (unpaired) electrons. The Kier molecular flexibility index (Phi) is 2.41. The van der Waals surface area contributed by atoms with Gasteiger partial charge in [0.25, 0.3) is 0 Å². The summed E-state index contributed by atoms with van der Waals surface area (Å²) in [6, 6.07) is -0.0790. The van der Waals surface area contributed by atoms with E-state index in [1.807, 2.05) is 17.8 Å². The van der Waals surface area contributed by atoms with Crippen molar-refractivity contribution in [2.45, 2.75) is 12.0 Å². The molecule has 0 saturated carbocycles. The van der Waals surface area contributed by atoms with Crippen LogP contribution in [0, 0.1) is 0 Å². The highest BCUT2D eigenvalue weighted by Gasteiger charge is 2.31. The van der Waals surface area contributed by atoms with Crippen LogP contribution in [0.1, 0.15) is 11.8 Å². The Morgan fingerprint density at radius 1 is 1.47 bits per heavy atom. The molecule has 1 fully saturated rings. The van der Waals surface area contributed by atoms with Gasteiger partial charge in [0, 0.05) is 25.5 Å². The molecule has 0 aliphatic carbocycles. The molecule has 7 heteroatoms. The number of aromatic nitrogens is 4. The molecule has 2 aromatic heterocycles. The van der Waals surface area contributed by atoms with E-state index in [0.29, 0.717) is 30.8 Å². The first-order chi connectivity index (χ1) is 8.25. The smallest absolute Gasteiger partial charge is 0.238 e. The van der Waals surface area contributed by atoms with Crippen LogP contribution in [0.3, 0.4) is 0 Å². The van der Waals surface area contributed by atoms with Crippen molar-refractivity contribution in [3.63, 3.8) is 0 Å². The van der Waals surface area contributed by atoms with E-state index in [0.717, 1.165) is 0 Å². The maximum absolute atomic E-state index is 5.90. The second-order valence-corrected chi connectivity index (χ2v) is 4.13. The Labute approximate surface area is 97.6 Å². The fourth-order valence-corrected chi connectivity index (χ4v) is 1.88. The summed E-state index contributed by atoms with van der Waals surface area (Å²) in [6.07, 6.45) is 3.52. The molecule has 1 aliphatic rings. The molecular formula is C10H13N5O2. The third-order valence-electron chi connectivity index (χ3n) is 2.90. The standard InChI is InChI=1S/C10H13N5O2/c1-15-3-2-12-9(15)8-13-10(17-14-8)6-4-16-5-7(6)11/h2-3,6-7H,4-5,11H2,1H3. The van der Waals surface area contributed by atoms with Crippen LogP contribution < -0.4 is 5.73 Å². The van der Waals surface area contributed by atoms with Crippen LogP contribution in [0.2, 0.25) is 0 Å². The van der Waals surface area contributed by atoms with E-state index >= 15 is 0 Å². The summed E-state index contributed by atoms with van der Waals surface area (Å²) in [6.45, 7) is 1.06. The summed E-state index contributed by atoms with van der Waals surface area (Å²) >= 11 is 0. The molecule has 1 saturated heterocycles. The minimum atomic E-state index is -0.0790. The Balaban J connectivity index is 1.90. The van der Waals surface area contributed by atoms with Crippen LogP contribution in [-0.2, 0) is 11.8 Å². The van der Waals surface area contributed by atoms with Gasteiger partial charge in [-0.15, -0.1) is 0 Å². The predicted molar refractivity (Wildman–Crippen MR) is 58.0 cm³/mol. The van der Waals surface area contributed by atoms with Crippen molar-refractivity contribution in [1.82, 2.24) is 19.7 Å². The number of nitrogens with zero attached hydrogens (tertiary/aromatic N) is 4. The van der Waals surface area contributed by atoms with Crippen molar-refractivity contribution in [1.29, 1.82) is 0 Å². The van der Waals surface area contributed by atoms with E-state index in [4.69, 9.17) is 15.0 Å². The van der Waals surface area contributed by atoms with Gasteiger partial charge in [-0.2, -0.15) is 4.98 Å². The Morgan fingerprint density at radius 2 is 2.35 bits per heavy atom. The second kappa shape index (κ2) is 3.94. The largest absolute Gasteiger partial charge is 0.379 e. The minimum absolute atomic E-state index is 0.0171. The van der Waals surface area contributed by atoms with Gasteiger partial charge in [-0.25, -0.2) is 4.98 Å². The fraction of sp³-hybridized carbons (Fsp3) is 0.500. The third kappa shape index (κ3) is 1.73. The van der Waals surface area contributed by atoms with E-state index in [9.17, 15) is 0 Å². The topological polar surface area (TPSA) is 92.0 Å². The Hall–Kier alpha value is -1.73. The zero-order valence-corrected chi connectivity index (χ0v) is 9.41. The van der Waals surface area contributed by atoms with Gasteiger partial charge in [0.1, 0.15) is 0 Å². The van der Waals surface area contributed by atoms with Gasteiger partial charge in [0.2, 0.25) is 11.7 Å². The number of imidazole rings is 1. The lowest BCUT2D eigenvalue weighted by Crippen LogP contribution is -2.27. The van der Waals surface area contributed by atoms with Crippen molar-refractivity contribution in [3.05, 3.63) is 18.3 Å². The molecule has 90 valence electrons. The number of hydrogen-bond acceptors (Lipinski definition) is 6. The first kappa shape index (κ1) is 10.4. The molecule has 1 aliphatic heterocycles. The van der Waals surface area contributed by atoms with Gasteiger partial charge in [0.05, 0.1) is 19.1 Å². The molecule has 0 aromatic carbocycles. The highest BCUT2D eigenvalue weighted by atomic mass is 16.5. The van der Waals surface area contributed by atoms with Crippen LogP contribution in [0.5, 0.6) is 0 Å². The molecule has 3 heterocycles. The molecule has 2 unspecified atom stereocenters. The SMILES string of the molecule is Cn1ccnc1-c1noc(C2COCC2N)n1. The highest BCUT2D eigenvalue weighted by molar-refractivity contribution is 5.42. The molecule has 2 atom stereocenters. The normalized spacial score (nSPS) is 24.4. The van der Waals surface area contributed by atoms with Crippen molar-refractivity contribution < 1.29 is 9.26 Å². The van der Waals surface area contributed by atoms with Crippen molar-refractivity contribution >= 4 is 0 Å². The van der Waals surface area contributed by atoms with Crippen LogP contribution >= 0.6 is 0 Å². The number of rotatable bonds is 2. The van der Waals surface area contributed by atoms with Gasteiger partial charge in [0.15, 0.2) is 5.82 Å². The third-order valence-corrected chi connectivity index (χ3v) is 2.90. The maximum Gasteiger partial charge on any atom is 0.238 e. The summed E-state index contributed by atoms with van der Waals surface area (Å²) in [5.74, 6) is 1.66. The van der Waals surface area contributed by atoms with Gasteiger partial charge in [-0.05, 0) is 0 Å². The van der Waals surface area contributed by atoms with Gasteiger partial charge in [-0.3, -0.25) is 0 Å². The predicted octanol–water partition coefficient (Wildman–Crippen LogP) is -0.0888. The lowest BCUT2D eigenvalue weighted by atomic mass is 10.1. The zero-order valence-electron chi connectivity index (χ0n) is 9.41. The number of hydrogen-bond donors (Lipinski definition) is 1. The van der Waals surface area contributed by atoms with Crippen LogP contribution in [-0.4, -0.2) is 38.9 Å². The first-order valence-electron chi connectivity index (χ1n) is 5.40. The number of aryl methyl sites for hydroxylation is 1. The second-order valence-electron chi connectivity index (χ2n) is 4.13. The summed E-state index contributed by atoms with van der Waals surface area (Å²) < 4.78 is 12.3. The lowest BCUT2D eigenvalue weighted by Gasteiger charge is -2.06. The van der Waals surface area contributed by atoms with Crippen LogP contribution in [0.25, 0.3) is 11.6 Å². The van der Waals surface area contributed by atoms with E-state index in [1.54, 1.807) is 6.20 Å². The van der Waals surface area contributed by atoms with E-state index in [2.05, 4.69) is 15.1 Å². The molecule has 0 bridgehead atoms. The average Bonchev–Trinajstić information content (AvgIpc) is 2.97. The Morgan fingerprint density at radius 3 is 3.00 bits per heavy atom. The molecule has 7 nitrogen and oxygen atoms in total. The maximum atomic E-state index is 5.90. The molecule has 2 aromatic rings. The van der Waals surface area contributed by atoms with Crippen molar-refractivity contribution in [3.8, 4) is 11.6 Å². The van der Waals surface area contributed by atoms with E-state index in [1.165, 1.54) is 0 Å². The van der Waals surface area contributed by atoms with Crippen LogP contribution in [0.15, 0.2) is 16.9 Å². The highest BCUT2D eigenvalue weighted by Crippen LogP contribution is 2.24. The van der Waals surface area contributed by atoms with E-state index in [-0.39, 0.29) is 12.0 Å². The summed E-state index contributed by atoms with van der Waals surface area (Å²) in [5.41, 5.74) is 5.90. The van der Waals surface area contributed by atoms with Gasteiger partial charge < -0.3 is 19.6 Å². The summed E-state index contributed by atoms with van der Waals surface area (Å²) in [7, 11) is 1.88. The average molecular weight is 235 g/mol. The summed E-state index contributed by atoms with van der Waals surface area (Å²) in [4.78, 5) is 8.49. The van der Waals surface area contributed by atoms with Crippen molar-refractivity contribution in [2.24, 2.45) is 12.8 Å². The minimum Gasteiger partial charge on any atom is -0.379 e. The molecule has 17 heavy (non-hydrogen) atoms. The molecule has 3 rings (SSSR count). The first-order valence-corrected chi connectivity index (χ1v) is 5.40. The van der Waals surface area contributed by atoms with Crippen molar-refractivity contribution in [2.75, 3.05) is 13.2 Å². The molecule has 2 N–H and O–H groups in total. The van der Waals surface area contributed by atoms with Crippen LogP contribution in [0.4, 0.5) is 0 Å². The molecule has 0 spiro atoms. The number of ether oxygens (including phenoxy) is 1. The quantitative estimate of drug-likeness (QED) is 0.782. The lowest BCUT2D eigenvalue weighted by molar-refractivity contribution is 0.187. The molecule has 0 amide bonds. The molecular weight excluding hydrogens is 222 g/mol. The fourth-order valence-electron chi connectivity index (χ4n) is 1.88. The Bertz CT molecular complexity index is 520. The number of nitrogens with two attached hydrogens (primary N) is 1. The zero-order chi connectivity index (χ0) is 11.8.